The van der Waals surface area contributed by atoms with E-state index in [0.29, 0.717) is 11.0 Å². The van der Waals surface area contributed by atoms with Gasteiger partial charge < -0.3 is 15.4 Å². The Morgan fingerprint density at radius 1 is 1.00 bits per heavy atom. The van der Waals surface area contributed by atoms with Gasteiger partial charge in [-0.25, -0.2) is 9.37 Å². The Bertz CT molecular complexity index is 855. The van der Waals surface area contributed by atoms with E-state index in [4.69, 9.17) is 17.0 Å². The Balaban J connectivity index is 1.39. The number of para-hydroxylation sites is 1. The minimum atomic E-state index is -0.212. The van der Waals surface area contributed by atoms with Crippen molar-refractivity contribution < 1.29 is 9.13 Å². The number of rotatable bonds is 7. The number of ether oxygens (including phenoxy) is 1. The maximum Gasteiger partial charge on any atom is 0.219 e. The van der Waals surface area contributed by atoms with Crippen LogP contribution in [-0.2, 0) is 6.42 Å². The molecule has 0 saturated heterocycles. The Kier molecular flexibility index (Phi) is 6.71. The summed E-state index contributed by atoms with van der Waals surface area (Å²) in [7, 11) is 0. The van der Waals surface area contributed by atoms with Crippen LogP contribution < -0.4 is 15.4 Å². The highest BCUT2D eigenvalue weighted by atomic mass is 32.1. The minimum Gasteiger partial charge on any atom is -0.439 e. The normalized spacial score (nSPS) is 10.3. The molecule has 27 heavy (non-hydrogen) atoms. The van der Waals surface area contributed by atoms with Gasteiger partial charge >= 0.3 is 0 Å². The minimum absolute atomic E-state index is 0.212. The lowest BCUT2D eigenvalue weighted by Crippen LogP contribution is -2.29. The van der Waals surface area contributed by atoms with Gasteiger partial charge in [0.05, 0.1) is 11.9 Å². The van der Waals surface area contributed by atoms with Crippen molar-refractivity contribution in [1.29, 1.82) is 0 Å². The molecule has 1 heterocycles. The van der Waals surface area contributed by atoms with Gasteiger partial charge in [0.15, 0.2) is 5.11 Å². The van der Waals surface area contributed by atoms with E-state index < -0.39 is 0 Å². The first-order valence-corrected chi connectivity index (χ1v) is 9.08. The molecule has 4 nitrogen and oxygen atoms in total. The third-order valence-corrected chi connectivity index (χ3v) is 4.05. The number of nitrogens with zero attached hydrogens (tertiary/aromatic N) is 1. The zero-order valence-electron chi connectivity index (χ0n) is 14.7. The largest absolute Gasteiger partial charge is 0.439 e. The van der Waals surface area contributed by atoms with E-state index in [2.05, 4.69) is 15.6 Å². The van der Waals surface area contributed by atoms with Crippen LogP contribution in [0.1, 0.15) is 12.0 Å². The van der Waals surface area contributed by atoms with Crippen LogP contribution in [0.15, 0.2) is 72.9 Å². The van der Waals surface area contributed by atoms with Crippen LogP contribution in [0, 0.1) is 5.82 Å². The molecule has 0 atom stereocenters. The molecular weight excluding hydrogens is 361 g/mol. The number of aryl methyl sites for hydroxylation is 1. The van der Waals surface area contributed by atoms with Crippen LogP contribution in [-0.4, -0.2) is 16.6 Å². The van der Waals surface area contributed by atoms with Gasteiger partial charge in [0.25, 0.3) is 0 Å². The molecule has 0 radical (unpaired) electrons. The molecule has 1 aromatic heterocycles. The number of aromatic nitrogens is 1. The van der Waals surface area contributed by atoms with Crippen LogP contribution in [0.4, 0.5) is 10.1 Å². The van der Waals surface area contributed by atoms with Crippen molar-refractivity contribution in [3.05, 3.63) is 84.3 Å². The highest BCUT2D eigenvalue weighted by Crippen LogP contribution is 2.19. The van der Waals surface area contributed by atoms with Crippen LogP contribution in [0.5, 0.6) is 11.6 Å². The molecule has 0 spiro atoms. The summed E-state index contributed by atoms with van der Waals surface area (Å²) in [6.07, 6.45) is 3.43. The van der Waals surface area contributed by atoms with Crippen LogP contribution in [0.2, 0.25) is 0 Å². The van der Waals surface area contributed by atoms with Gasteiger partial charge in [0.1, 0.15) is 11.6 Å². The number of nitrogens with one attached hydrogen (secondary N) is 2. The fourth-order valence-electron chi connectivity index (χ4n) is 2.44. The smallest absolute Gasteiger partial charge is 0.219 e. The average Bonchev–Trinajstić information content (AvgIpc) is 2.69. The van der Waals surface area contributed by atoms with Crippen molar-refractivity contribution in [2.24, 2.45) is 0 Å². The fourth-order valence-corrected chi connectivity index (χ4v) is 2.66. The lowest BCUT2D eigenvalue weighted by molar-refractivity contribution is 0.463. The second kappa shape index (κ2) is 9.64. The molecule has 3 rings (SSSR count). The van der Waals surface area contributed by atoms with Gasteiger partial charge in [-0.2, -0.15) is 0 Å². The number of thiocarbonyl (C=S) groups is 1. The summed E-state index contributed by atoms with van der Waals surface area (Å²) in [5, 5.41) is 6.78. The topological polar surface area (TPSA) is 46.2 Å². The van der Waals surface area contributed by atoms with Crippen molar-refractivity contribution in [2.45, 2.75) is 12.8 Å². The van der Waals surface area contributed by atoms with Gasteiger partial charge in [0.2, 0.25) is 5.88 Å². The van der Waals surface area contributed by atoms with Gasteiger partial charge in [-0.15, -0.1) is 0 Å². The van der Waals surface area contributed by atoms with Crippen molar-refractivity contribution in [3.8, 4) is 11.6 Å². The van der Waals surface area contributed by atoms with Crippen molar-refractivity contribution in [3.63, 3.8) is 0 Å². The van der Waals surface area contributed by atoms with E-state index in [1.165, 1.54) is 12.1 Å². The number of hydrogen-bond donors (Lipinski definition) is 2. The van der Waals surface area contributed by atoms with Gasteiger partial charge in [0, 0.05) is 12.6 Å². The van der Waals surface area contributed by atoms with E-state index in [1.54, 1.807) is 24.4 Å². The Morgan fingerprint density at radius 2 is 1.78 bits per heavy atom. The average molecular weight is 381 g/mol. The second-order valence-electron chi connectivity index (χ2n) is 5.91. The molecular formula is C21H20FN3OS. The molecule has 3 aromatic rings. The Morgan fingerprint density at radius 3 is 2.48 bits per heavy atom. The molecule has 0 fully saturated rings. The van der Waals surface area contributed by atoms with E-state index in [9.17, 15) is 4.39 Å². The molecule has 0 bridgehead atoms. The highest BCUT2D eigenvalue weighted by Gasteiger charge is 2.01. The molecule has 2 aromatic carbocycles. The first-order valence-electron chi connectivity index (χ1n) is 8.67. The second-order valence-corrected chi connectivity index (χ2v) is 6.32. The number of benzene rings is 2. The number of pyridine rings is 1. The van der Waals surface area contributed by atoms with Crippen molar-refractivity contribution in [1.82, 2.24) is 10.3 Å². The van der Waals surface area contributed by atoms with E-state index in [1.807, 2.05) is 36.4 Å². The van der Waals surface area contributed by atoms with Crippen LogP contribution >= 0.6 is 12.2 Å². The number of anilines is 1. The van der Waals surface area contributed by atoms with E-state index in [0.717, 1.165) is 36.4 Å². The first-order chi connectivity index (χ1) is 13.2. The third kappa shape index (κ3) is 6.34. The monoisotopic (exact) mass is 381 g/mol. The molecule has 2 N–H and O–H groups in total. The molecule has 138 valence electrons. The quantitative estimate of drug-likeness (QED) is 0.449. The summed E-state index contributed by atoms with van der Waals surface area (Å²) in [4.78, 5) is 4.27. The van der Waals surface area contributed by atoms with Gasteiger partial charge in [-0.1, -0.05) is 30.3 Å². The molecule has 0 aliphatic rings. The predicted octanol–water partition coefficient (Wildman–Crippen LogP) is 4.93. The maximum atomic E-state index is 12.9. The summed E-state index contributed by atoms with van der Waals surface area (Å²) < 4.78 is 18.5. The van der Waals surface area contributed by atoms with E-state index in [-0.39, 0.29) is 5.82 Å². The highest BCUT2D eigenvalue weighted by molar-refractivity contribution is 7.80. The molecule has 0 saturated carbocycles. The number of halogens is 1. The molecule has 0 amide bonds. The maximum absolute atomic E-state index is 12.9. The summed E-state index contributed by atoms with van der Waals surface area (Å²) in [6.45, 7) is 0.728. The lowest BCUT2D eigenvalue weighted by atomic mass is 10.1. The van der Waals surface area contributed by atoms with Gasteiger partial charge in [-0.3, -0.25) is 0 Å². The van der Waals surface area contributed by atoms with Crippen LogP contribution in [0.25, 0.3) is 0 Å². The Hall–Kier alpha value is -2.99. The molecule has 0 aliphatic heterocycles. The zero-order chi connectivity index (χ0) is 18.9. The fraction of sp³-hybridized carbons (Fsp3) is 0.143. The summed E-state index contributed by atoms with van der Waals surface area (Å²) >= 11 is 5.29. The van der Waals surface area contributed by atoms with E-state index >= 15 is 0 Å². The first kappa shape index (κ1) is 18.8. The molecule has 0 unspecified atom stereocenters. The summed E-state index contributed by atoms with van der Waals surface area (Å²) in [6, 6.07) is 19.7. The predicted molar refractivity (Wildman–Crippen MR) is 110 cm³/mol. The molecule has 0 aliphatic carbocycles. The van der Waals surface area contributed by atoms with Gasteiger partial charge in [-0.05, 0) is 61.0 Å². The Labute approximate surface area is 163 Å². The zero-order valence-corrected chi connectivity index (χ0v) is 15.5. The summed E-state index contributed by atoms with van der Waals surface area (Å²) in [5.74, 6) is 1.05. The number of hydrogen-bond acceptors (Lipinski definition) is 3. The van der Waals surface area contributed by atoms with Crippen LogP contribution in [0.3, 0.4) is 0 Å². The standard InChI is InChI=1S/C21H20FN3OS/c22-17-10-8-16(9-11-17)5-4-14-23-21(27)25-18-12-13-20(24-15-18)26-19-6-2-1-3-7-19/h1-3,6-13,15H,4-5,14H2,(H2,23,25,27). The van der Waals surface area contributed by atoms with Crippen molar-refractivity contribution >= 4 is 23.0 Å². The molecule has 6 heteroatoms. The SMILES string of the molecule is Fc1ccc(CCCNC(=S)Nc2ccc(Oc3ccccc3)nc2)cc1. The third-order valence-electron chi connectivity index (χ3n) is 3.80. The lowest BCUT2D eigenvalue weighted by Gasteiger charge is -2.11. The summed E-state index contributed by atoms with van der Waals surface area (Å²) in [5.41, 5.74) is 1.89. The van der Waals surface area contributed by atoms with Crippen molar-refractivity contribution in [2.75, 3.05) is 11.9 Å².